The molecule has 0 aromatic rings. The number of methoxy groups -OCH3 is 3. The lowest BCUT2D eigenvalue weighted by Gasteiger charge is -2.42. The fourth-order valence-electron chi connectivity index (χ4n) is 10.5. The van der Waals surface area contributed by atoms with E-state index in [0.717, 1.165) is 10.5 Å². The molecule has 4 rings (SSSR count). The molecule has 1 saturated carbocycles. The van der Waals surface area contributed by atoms with Gasteiger partial charge in [-0.3, -0.25) is 19.2 Å². The van der Waals surface area contributed by atoms with Crippen LogP contribution in [0.25, 0.3) is 0 Å². The molecule has 0 aromatic carbocycles. The monoisotopic (exact) mass is 1070 g/mol. The molecule has 15 atom stereocenters. The Hall–Kier alpha value is -4.63. The number of carbonyl (C=O) groups is 6. The van der Waals surface area contributed by atoms with E-state index in [-0.39, 0.29) is 62.8 Å². The molecular weight excluding hydrogens is 993 g/mol. The minimum atomic E-state index is -4.29. The van der Waals surface area contributed by atoms with Crippen molar-refractivity contribution in [2.45, 2.75) is 179 Å². The number of nitrogens with one attached hydrogen (secondary N) is 2. The third-order valence-corrected chi connectivity index (χ3v) is 16.0. The maximum atomic E-state index is 14.5. The molecule has 2 amide bonds. The Kier molecular flexibility index (Phi) is 24.5. The number of esters is 1. The fourth-order valence-corrected chi connectivity index (χ4v) is 11.1. The zero-order valence-electron chi connectivity index (χ0n) is 45.1. The van der Waals surface area contributed by atoms with Gasteiger partial charge in [-0.05, 0) is 101 Å². The van der Waals surface area contributed by atoms with E-state index in [2.05, 4.69) is 5.92 Å². The quantitative estimate of drug-likeness (QED) is 0.0892. The second-order valence-electron chi connectivity index (χ2n) is 20.8. The van der Waals surface area contributed by atoms with Crippen LogP contribution in [0.5, 0.6) is 0 Å². The molecule has 21 heteroatoms. The van der Waals surface area contributed by atoms with Gasteiger partial charge in [-0.25, -0.2) is 14.3 Å². The number of nitrogens with two attached hydrogens (primary N) is 1. The van der Waals surface area contributed by atoms with E-state index in [9.17, 15) is 47.4 Å². The first-order valence-electron chi connectivity index (χ1n) is 26.1. The van der Waals surface area contributed by atoms with Crippen LogP contribution in [0, 0.1) is 41.9 Å². The van der Waals surface area contributed by atoms with Crippen LogP contribution in [0.2, 0.25) is 0 Å². The summed E-state index contributed by atoms with van der Waals surface area (Å²) < 4.78 is 62.9. The topological polar surface area (TPSA) is 286 Å². The number of terminal acetylenes is 1. The number of ether oxygens (including phenoxy) is 6. The van der Waals surface area contributed by atoms with E-state index < -0.39 is 125 Å². The van der Waals surface area contributed by atoms with Crippen molar-refractivity contribution in [2.75, 3.05) is 34.4 Å². The molecule has 0 aromatic heterocycles. The van der Waals surface area contributed by atoms with Gasteiger partial charge in [0.05, 0.1) is 24.9 Å². The molecule has 0 spiro atoms. The molecule has 2 bridgehead atoms. The predicted molar refractivity (Wildman–Crippen MR) is 277 cm³/mol. The Bertz CT molecular complexity index is 2280. The Morgan fingerprint density at radius 3 is 2.32 bits per heavy atom. The van der Waals surface area contributed by atoms with Crippen molar-refractivity contribution < 1.29 is 75.8 Å². The van der Waals surface area contributed by atoms with Crippen molar-refractivity contribution in [2.24, 2.45) is 35.3 Å². The van der Waals surface area contributed by atoms with E-state index in [1.165, 1.54) is 20.3 Å². The molecule has 420 valence electrons. The highest BCUT2D eigenvalue weighted by atomic mass is 32.2. The third kappa shape index (κ3) is 17.7. The molecule has 20 nitrogen and oxygen atoms in total. The maximum absolute atomic E-state index is 14.5. The SMILES string of the molecule is C#CCNS(=O)(=O)NC(=O)O[C@@H]1CC[C@@H](C[C@@H](N)[C@@H]2CC(=O)[C@H](C)/C=C(\C)[C@@H](O)[C@@H](OC)C(=O)[C@H](C)C[C@H](C)/C=C/C=C/C=C(\C)[C@@H](OC)C[C@@H]3CC[C@@H](C)[C@@](O)(O3)C(=O)C(=O)N3CCCC[C@H]3C(=O)O2)C[C@H]1OC. The summed E-state index contributed by atoms with van der Waals surface area (Å²) in [6, 6.07) is -2.28. The smallest absolute Gasteiger partial charge is 0.422 e. The van der Waals surface area contributed by atoms with E-state index >= 15 is 0 Å². The molecule has 1 aliphatic carbocycles. The second kappa shape index (κ2) is 29.2. The summed E-state index contributed by atoms with van der Waals surface area (Å²) in [4.78, 5) is 84.8. The number of aliphatic hydroxyl groups is 2. The number of fused-ring (bicyclic) bond motifs is 3. The van der Waals surface area contributed by atoms with Crippen molar-refractivity contribution in [3.63, 3.8) is 0 Å². The molecule has 4 aliphatic rings. The predicted octanol–water partition coefficient (Wildman–Crippen LogP) is 4.07. The third-order valence-electron chi connectivity index (χ3n) is 15.0. The van der Waals surface area contributed by atoms with Gasteiger partial charge in [-0.2, -0.15) is 13.1 Å². The highest BCUT2D eigenvalue weighted by molar-refractivity contribution is 7.88. The number of aliphatic hydroxyl groups excluding tert-OH is 1. The van der Waals surface area contributed by atoms with E-state index in [1.54, 1.807) is 39.5 Å². The molecule has 3 aliphatic heterocycles. The Labute approximate surface area is 443 Å². The lowest BCUT2D eigenvalue weighted by Crippen LogP contribution is -2.61. The molecular formula is C54H82N4O16S. The normalized spacial score (nSPS) is 36.5. The Morgan fingerprint density at radius 1 is 0.933 bits per heavy atom. The summed E-state index contributed by atoms with van der Waals surface area (Å²) in [5.74, 6) is -6.82. The van der Waals surface area contributed by atoms with Crippen molar-refractivity contribution in [3.05, 3.63) is 47.6 Å². The number of hydrogen-bond donors (Lipinski definition) is 5. The maximum Gasteiger partial charge on any atom is 0.422 e. The van der Waals surface area contributed by atoms with Gasteiger partial charge < -0.3 is 49.3 Å². The van der Waals surface area contributed by atoms with Gasteiger partial charge in [0.2, 0.25) is 5.79 Å². The number of hydrogen-bond acceptors (Lipinski definition) is 17. The molecule has 6 N–H and O–H groups in total. The number of amides is 2. The number of ketones is 3. The number of piperidine rings is 1. The van der Waals surface area contributed by atoms with Crippen LogP contribution < -0.4 is 15.2 Å². The van der Waals surface area contributed by atoms with Crippen LogP contribution in [0.3, 0.4) is 0 Å². The first-order valence-corrected chi connectivity index (χ1v) is 27.5. The van der Waals surface area contributed by atoms with Crippen molar-refractivity contribution >= 4 is 45.5 Å². The first kappa shape index (κ1) is 62.9. The highest BCUT2D eigenvalue weighted by Crippen LogP contribution is 2.37. The van der Waals surface area contributed by atoms with Crippen LogP contribution in [0.1, 0.15) is 119 Å². The van der Waals surface area contributed by atoms with Crippen LogP contribution >= 0.6 is 0 Å². The summed E-state index contributed by atoms with van der Waals surface area (Å²) in [6.45, 7) is 10.1. The summed E-state index contributed by atoms with van der Waals surface area (Å²) >= 11 is 0. The number of rotatable bonds is 10. The highest BCUT2D eigenvalue weighted by Gasteiger charge is 2.53. The van der Waals surface area contributed by atoms with Gasteiger partial charge in [-0.1, -0.05) is 70.1 Å². The Morgan fingerprint density at radius 2 is 1.65 bits per heavy atom. The molecule has 3 fully saturated rings. The van der Waals surface area contributed by atoms with E-state index in [1.807, 2.05) is 48.9 Å². The first-order chi connectivity index (χ1) is 35.4. The number of Topliss-reactive ketones (excluding diaryl/α,β-unsaturated/α-hetero) is 3. The molecule has 2 saturated heterocycles. The average Bonchev–Trinajstić information content (AvgIpc) is 3.37. The van der Waals surface area contributed by atoms with Crippen LogP contribution in [0.4, 0.5) is 4.79 Å². The fraction of sp³-hybridized carbons (Fsp3) is 0.704. The summed E-state index contributed by atoms with van der Waals surface area (Å²) in [5.41, 5.74) is 8.04. The largest absolute Gasteiger partial charge is 0.459 e. The summed E-state index contributed by atoms with van der Waals surface area (Å²) in [7, 11) is -0.00404. The number of carbonyl (C=O) groups excluding carboxylic acids is 6. The number of cyclic esters (lactones) is 1. The van der Waals surface area contributed by atoms with Gasteiger partial charge in [0.15, 0.2) is 5.78 Å². The average molecular weight is 1080 g/mol. The lowest BCUT2D eigenvalue weighted by molar-refractivity contribution is -0.265. The van der Waals surface area contributed by atoms with Crippen LogP contribution in [0.15, 0.2) is 47.6 Å². The standard InChI is InChI=1S/C54H82N4O16S/c1-11-24-56-75(67,68)57-53(65)73-43-23-21-38(29-46(43)70-9)28-40(55)45-31-42(59)34(4)27-36(6)48(61)49(71-10)47(60)35(5)26-32(2)17-13-12-14-18-33(3)44(69-8)30-39-22-20-37(7)54(66,74-39)50(62)51(63)58-25-16-15-19-41(58)52(64)72-45/h1,12-14,17-18,27,32,34-35,37-41,43-46,48-49,56,61,66H,15-16,19-26,28-31,55H2,2-10H3,(H,57,65)/b14-12+,17-13+,33-18+,36-27+/t32-,34-,35-,37-,38+,39+,40-,41+,43-,44+,45+,46-,48-,49+,54-/m1/s1. The van der Waals surface area contributed by atoms with E-state index in [0.29, 0.717) is 44.1 Å². The number of allylic oxidation sites excluding steroid dienone is 6. The minimum absolute atomic E-state index is 0.00644. The Balaban J connectivity index is 1.67. The van der Waals surface area contributed by atoms with Crippen LogP contribution in [-0.4, -0.2) is 154 Å². The minimum Gasteiger partial charge on any atom is -0.459 e. The molecule has 0 unspecified atom stereocenters. The molecule has 0 radical (unpaired) electrons. The second-order valence-corrected chi connectivity index (χ2v) is 22.3. The zero-order valence-corrected chi connectivity index (χ0v) is 45.9. The van der Waals surface area contributed by atoms with Gasteiger partial charge >= 0.3 is 22.3 Å². The van der Waals surface area contributed by atoms with Crippen molar-refractivity contribution in [3.8, 4) is 12.3 Å². The molecule has 3 heterocycles. The van der Waals surface area contributed by atoms with Gasteiger partial charge in [0.25, 0.3) is 11.7 Å². The van der Waals surface area contributed by atoms with Gasteiger partial charge in [0, 0.05) is 64.5 Å². The van der Waals surface area contributed by atoms with Crippen LogP contribution in [-0.2, 0) is 62.6 Å². The summed E-state index contributed by atoms with van der Waals surface area (Å²) in [6.07, 6.45) is 11.5. The molecule has 75 heavy (non-hydrogen) atoms. The van der Waals surface area contributed by atoms with Gasteiger partial charge in [-0.15, -0.1) is 6.42 Å². The van der Waals surface area contributed by atoms with E-state index in [4.69, 9.17) is 40.6 Å². The van der Waals surface area contributed by atoms with Gasteiger partial charge in [0.1, 0.15) is 36.2 Å². The zero-order chi connectivity index (χ0) is 55.8. The number of nitrogens with zero attached hydrogens (tertiary/aromatic N) is 1. The van der Waals surface area contributed by atoms with Crippen molar-refractivity contribution in [1.29, 1.82) is 0 Å². The summed E-state index contributed by atoms with van der Waals surface area (Å²) in [5, 5.41) is 23.5. The van der Waals surface area contributed by atoms with Crippen molar-refractivity contribution in [1.82, 2.24) is 14.3 Å². The lowest BCUT2D eigenvalue weighted by atomic mass is 9.80.